The lowest BCUT2D eigenvalue weighted by Gasteiger charge is -2.24. The molecular formula is C34H41N5O6. The number of imide groups is 1. The molecular weight excluding hydrogens is 574 g/mol. The lowest BCUT2D eigenvalue weighted by Crippen LogP contribution is -2.43. The molecule has 0 saturated carbocycles. The molecule has 0 bridgehead atoms. The number of hydrogen-bond donors (Lipinski definition) is 3. The Morgan fingerprint density at radius 2 is 1.73 bits per heavy atom. The molecule has 0 spiro atoms. The third kappa shape index (κ3) is 8.11. The first kappa shape index (κ1) is 32.8. The summed E-state index contributed by atoms with van der Waals surface area (Å²) >= 11 is 0. The minimum atomic E-state index is -0.616. The second-order valence-electron chi connectivity index (χ2n) is 11.6. The lowest BCUT2D eigenvalue weighted by atomic mass is 10.0. The molecule has 4 amide bonds. The van der Waals surface area contributed by atoms with E-state index in [1.807, 2.05) is 58.9 Å². The summed E-state index contributed by atoms with van der Waals surface area (Å²) in [6.07, 6.45) is 0.802. The Bertz CT molecular complexity index is 1690. The number of rotatable bonds is 10. The van der Waals surface area contributed by atoms with Crippen LogP contribution in [0.25, 0.3) is 22.2 Å². The summed E-state index contributed by atoms with van der Waals surface area (Å²) < 4.78 is 17.0. The van der Waals surface area contributed by atoms with Crippen molar-refractivity contribution < 1.29 is 28.6 Å². The number of benzene rings is 3. The molecule has 1 aromatic heterocycles. The van der Waals surface area contributed by atoms with Crippen LogP contribution in [-0.2, 0) is 4.74 Å². The van der Waals surface area contributed by atoms with Gasteiger partial charge >= 0.3 is 12.1 Å². The van der Waals surface area contributed by atoms with Crippen LogP contribution in [0.3, 0.4) is 0 Å². The van der Waals surface area contributed by atoms with Gasteiger partial charge < -0.3 is 29.8 Å². The van der Waals surface area contributed by atoms with E-state index in [0.717, 1.165) is 38.4 Å². The number of fused-ring (bicyclic) bond motifs is 1. The van der Waals surface area contributed by atoms with Gasteiger partial charge in [-0.3, -0.25) is 4.79 Å². The summed E-state index contributed by atoms with van der Waals surface area (Å²) in [5.74, 6) is 1.09. The van der Waals surface area contributed by atoms with Gasteiger partial charge in [-0.05, 0) is 89.4 Å². The molecule has 0 aliphatic carbocycles. The van der Waals surface area contributed by atoms with Gasteiger partial charge in [0.2, 0.25) is 0 Å². The topological polar surface area (TPSA) is 135 Å². The maximum atomic E-state index is 14.0. The van der Waals surface area contributed by atoms with E-state index in [-0.39, 0.29) is 5.56 Å². The minimum Gasteiger partial charge on any atom is -0.496 e. The molecule has 0 fully saturated rings. The molecule has 45 heavy (non-hydrogen) atoms. The molecule has 0 aliphatic heterocycles. The number of H-pyrrole nitrogens is 1. The molecule has 11 nitrogen and oxygen atoms in total. The quantitative estimate of drug-likeness (QED) is 0.173. The molecule has 1 heterocycles. The smallest absolute Gasteiger partial charge is 0.407 e. The van der Waals surface area contributed by atoms with Crippen LogP contribution < -0.4 is 25.0 Å². The van der Waals surface area contributed by atoms with Gasteiger partial charge in [0.1, 0.15) is 22.9 Å². The zero-order valence-corrected chi connectivity index (χ0v) is 26.9. The SMILES string of the molecule is CNC(=O)N(C(=O)c1ccc(-c2cccc3[nH]c(C)nc23)c(OC)c1)c1ccc(C)cc1OCCCCNC(=O)OC(C)(C)C. The summed E-state index contributed by atoms with van der Waals surface area (Å²) in [5.41, 5.74) is 4.19. The fraction of sp³-hybridized carbons (Fsp3) is 0.353. The van der Waals surface area contributed by atoms with Gasteiger partial charge in [0.15, 0.2) is 0 Å². The average molecular weight is 616 g/mol. The summed E-state index contributed by atoms with van der Waals surface area (Å²) in [6.45, 7) is 9.95. The number of methoxy groups -OCH3 is 1. The number of para-hydroxylation sites is 1. The van der Waals surface area contributed by atoms with E-state index >= 15 is 0 Å². The first-order valence-corrected chi connectivity index (χ1v) is 14.8. The molecule has 11 heteroatoms. The molecule has 4 aromatic rings. The normalized spacial score (nSPS) is 11.2. The van der Waals surface area contributed by atoms with E-state index in [4.69, 9.17) is 14.2 Å². The first-order valence-electron chi connectivity index (χ1n) is 14.8. The number of imidazole rings is 1. The zero-order chi connectivity index (χ0) is 32.7. The van der Waals surface area contributed by atoms with Crippen molar-refractivity contribution in [3.63, 3.8) is 0 Å². The van der Waals surface area contributed by atoms with Crippen LogP contribution in [0.15, 0.2) is 54.6 Å². The van der Waals surface area contributed by atoms with Crippen molar-refractivity contribution in [2.45, 2.75) is 53.1 Å². The number of urea groups is 1. The van der Waals surface area contributed by atoms with Crippen LogP contribution in [0.1, 0.15) is 55.4 Å². The number of nitrogens with one attached hydrogen (secondary N) is 3. The van der Waals surface area contributed by atoms with Crippen molar-refractivity contribution in [2.75, 3.05) is 32.2 Å². The zero-order valence-electron chi connectivity index (χ0n) is 26.9. The van der Waals surface area contributed by atoms with E-state index < -0.39 is 23.6 Å². The number of unbranched alkanes of at least 4 members (excludes halogenated alkanes) is 1. The summed E-state index contributed by atoms with van der Waals surface area (Å²) in [5, 5.41) is 5.30. The number of nitrogens with zero attached hydrogens (tertiary/aromatic N) is 2. The minimum absolute atomic E-state index is 0.254. The number of carbonyl (C=O) groups excluding carboxylic acids is 3. The maximum absolute atomic E-state index is 14.0. The molecule has 0 radical (unpaired) electrons. The molecule has 3 N–H and O–H groups in total. The third-order valence-corrected chi connectivity index (χ3v) is 6.84. The second kappa shape index (κ2) is 14.1. The Labute approximate surface area is 263 Å². The maximum Gasteiger partial charge on any atom is 0.407 e. The van der Waals surface area contributed by atoms with Crippen molar-refractivity contribution >= 4 is 34.8 Å². The number of alkyl carbamates (subject to hydrolysis) is 1. The average Bonchev–Trinajstić information content (AvgIpc) is 3.38. The predicted octanol–water partition coefficient (Wildman–Crippen LogP) is 6.53. The van der Waals surface area contributed by atoms with Gasteiger partial charge in [-0.15, -0.1) is 0 Å². The highest BCUT2D eigenvalue weighted by atomic mass is 16.6. The summed E-state index contributed by atoms with van der Waals surface area (Å²) in [4.78, 5) is 48.0. The van der Waals surface area contributed by atoms with Gasteiger partial charge in [0.25, 0.3) is 5.91 Å². The van der Waals surface area contributed by atoms with E-state index in [1.165, 1.54) is 14.2 Å². The van der Waals surface area contributed by atoms with E-state index in [0.29, 0.717) is 43.2 Å². The number of aryl methyl sites for hydroxylation is 2. The van der Waals surface area contributed by atoms with Crippen LogP contribution in [0.4, 0.5) is 15.3 Å². The van der Waals surface area contributed by atoms with E-state index in [9.17, 15) is 14.4 Å². The summed E-state index contributed by atoms with van der Waals surface area (Å²) in [7, 11) is 3.00. The van der Waals surface area contributed by atoms with Crippen molar-refractivity contribution in [2.24, 2.45) is 0 Å². The van der Waals surface area contributed by atoms with Gasteiger partial charge in [0, 0.05) is 30.3 Å². The second-order valence-corrected chi connectivity index (χ2v) is 11.6. The van der Waals surface area contributed by atoms with Gasteiger partial charge in [-0.2, -0.15) is 0 Å². The molecule has 3 aromatic carbocycles. The van der Waals surface area contributed by atoms with Gasteiger partial charge in [-0.25, -0.2) is 19.5 Å². The van der Waals surface area contributed by atoms with Crippen molar-refractivity contribution in [1.82, 2.24) is 20.6 Å². The molecule has 238 valence electrons. The fourth-order valence-electron chi connectivity index (χ4n) is 4.81. The highest BCUT2D eigenvalue weighted by Crippen LogP contribution is 2.36. The Balaban J connectivity index is 1.55. The Morgan fingerprint density at radius 1 is 0.956 bits per heavy atom. The van der Waals surface area contributed by atoms with E-state index in [2.05, 4.69) is 20.6 Å². The number of aromatic amines is 1. The number of aromatic nitrogens is 2. The number of hydrogen-bond acceptors (Lipinski definition) is 7. The van der Waals surface area contributed by atoms with Crippen LogP contribution in [0, 0.1) is 13.8 Å². The highest BCUT2D eigenvalue weighted by molar-refractivity contribution is 6.21. The monoisotopic (exact) mass is 615 g/mol. The van der Waals surface area contributed by atoms with E-state index in [1.54, 1.807) is 30.3 Å². The number of amides is 4. The highest BCUT2D eigenvalue weighted by Gasteiger charge is 2.28. The molecule has 0 unspecified atom stereocenters. The predicted molar refractivity (Wildman–Crippen MR) is 174 cm³/mol. The fourth-order valence-corrected chi connectivity index (χ4v) is 4.81. The molecule has 0 saturated heterocycles. The van der Waals surface area contributed by atoms with Crippen LogP contribution in [-0.4, -0.2) is 60.9 Å². The van der Waals surface area contributed by atoms with Crippen LogP contribution in [0.5, 0.6) is 11.5 Å². The number of anilines is 1. The van der Waals surface area contributed by atoms with Crippen molar-refractivity contribution in [3.05, 3.63) is 71.5 Å². The van der Waals surface area contributed by atoms with Gasteiger partial charge in [-0.1, -0.05) is 18.2 Å². The summed E-state index contributed by atoms with van der Waals surface area (Å²) in [6, 6.07) is 15.6. The van der Waals surface area contributed by atoms with Crippen LogP contribution in [0.2, 0.25) is 0 Å². The Hall–Kier alpha value is -5.06. The number of ether oxygens (including phenoxy) is 3. The largest absolute Gasteiger partial charge is 0.496 e. The third-order valence-electron chi connectivity index (χ3n) is 6.84. The Morgan fingerprint density at radius 3 is 2.44 bits per heavy atom. The van der Waals surface area contributed by atoms with Crippen LogP contribution >= 0.6 is 0 Å². The van der Waals surface area contributed by atoms with Crippen molar-refractivity contribution in [3.8, 4) is 22.6 Å². The number of carbonyl (C=O) groups is 3. The molecule has 4 rings (SSSR count). The lowest BCUT2D eigenvalue weighted by molar-refractivity contribution is 0.0526. The molecule has 0 atom stereocenters. The Kier molecular flexibility index (Phi) is 10.3. The molecule has 0 aliphatic rings. The van der Waals surface area contributed by atoms with Crippen molar-refractivity contribution in [1.29, 1.82) is 0 Å². The standard InChI is InChI=1S/C34H41N5O6/c1-21-13-16-27(29(19-21)44-18-9-8-17-36-33(42)45-34(3,4)5)39(32(41)35-6)31(40)23-14-15-24(28(20-23)43-7)25-11-10-12-26-30(25)38-22(2)37-26/h10-16,19-20H,8-9,17-18H2,1-7H3,(H,35,41)(H,36,42)(H,37,38). The van der Waals surface area contributed by atoms with Gasteiger partial charge in [0.05, 0.1) is 30.4 Å². The first-order chi connectivity index (χ1) is 21.4.